The van der Waals surface area contributed by atoms with Crippen molar-refractivity contribution in [3.05, 3.63) is 35.8 Å². The molecule has 0 aromatic carbocycles. The van der Waals surface area contributed by atoms with E-state index in [9.17, 15) is 4.79 Å². The lowest BCUT2D eigenvalue weighted by atomic mass is 10.1. The second kappa shape index (κ2) is 7.84. The average molecular weight is 332 g/mol. The Bertz CT molecular complexity index is 664. The molecule has 1 aliphatic heterocycles. The molecule has 2 N–H and O–H groups in total. The van der Waals surface area contributed by atoms with E-state index in [-0.39, 0.29) is 5.91 Å². The highest BCUT2D eigenvalue weighted by molar-refractivity contribution is 7.99. The van der Waals surface area contributed by atoms with Crippen molar-refractivity contribution in [3.63, 3.8) is 0 Å². The zero-order chi connectivity index (χ0) is 16.1. The van der Waals surface area contributed by atoms with Crippen LogP contribution in [0.1, 0.15) is 24.1 Å². The maximum absolute atomic E-state index is 11.9. The van der Waals surface area contributed by atoms with E-state index >= 15 is 0 Å². The molecule has 23 heavy (non-hydrogen) atoms. The monoisotopic (exact) mass is 332 g/mol. The summed E-state index contributed by atoms with van der Waals surface area (Å²) in [4.78, 5) is 16.4. The first kappa shape index (κ1) is 16.3. The Labute approximate surface area is 141 Å². The highest BCUT2D eigenvalue weighted by Gasteiger charge is 2.14. The molecule has 5 nitrogen and oxygen atoms in total. The quantitative estimate of drug-likeness (QED) is 0.814. The van der Waals surface area contributed by atoms with E-state index < -0.39 is 0 Å². The van der Waals surface area contributed by atoms with Crippen LogP contribution in [0.5, 0.6) is 0 Å². The maximum atomic E-state index is 11.9. The third-order valence-corrected chi connectivity index (χ3v) is 5.14. The molecule has 0 saturated carbocycles. The summed E-state index contributed by atoms with van der Waals surface area (Å²) in [6.07, 6.45) is 6.43. The van der Waals surface area contributed by atoms with Gasteiger partial charge in [0, 0.05) is 24.7 Å². The van der Waals surface area contributed by atoms with Gasteiger partial charge in [-0.3, -0.25) is 4.79 Å². The summed E-state index contributed by atoms with van der Waals surface area (Å²) >= 11 is 1.62. The molecule has 2 aromatic heterocycles. The predicted molar refractivity (Wildman–Crippen MR) is 94.7 cm³/mol. The highest BCUT2D eigenvalue weighted by atomic mass is 32.2. The Morgan fingerprint density at radius 1 is 1.48 bits per heavy atom. The van der Waals surface area contributed by atoms with E-state index in [1.807, 2.05) is 16.7 Å². The predicted octanol–water partition coefficient (Wildman–Crippen LogP) is 1.99. The first-order valence-corrected chi connectivity index (χ1v) is 9.35. The standard InChI is InChI=1S/C17H24N4OS/c1-13-2-3-16-20-15(10-21(16)9-13)11-23-12-17(22)19-7-5-14-4-6-18-8-14/h2-3,9-10,14,18H,4-8,11-12H2,1H3,(H,19,22). The molecular weight excluding hydrogens is 308 g/mol. The second-order valence-electron chi connectivity index (χ2n) is 6.19. The van der Waals surface area contributed by atoms with Gasteiger partial charge in [-0.1, -0.05) is 6.07 Å². The van der Waals surface area contributed by atoms with Crippen LogP contribution in [-0.2, 0) is 10.5 Å². The Hall–Kier alpha value is -1.53. The normalized spacial score (nSPS) is 17.7. The number of fused-ring (bicyclic) bond motifs is 1. The fourth-order valence-electron chi connectivity index (χ4n) is 2.90. The molecule has 1 amide bonds. The summed E-state index contributed by atoms with van der Waals surface area (Å²) in [5.74, 6) is 2.11. The van der Waals surface area contributed by atoms with Crippen molar-refractivity contribution in [1.82, 2.24) is 20.0 Å². The lowest BCUT2D eigenvalue weighted by Gasteiger charge is -2.09. The summed E-state index contributed by atoms with van der Waals surface area (Å²) in [6, 6.07) is 4.08. The van der Waals surface area contributed by atoms with E-state index in [4.69, 9.17) is 0 Å². The lowest BCUT2D eigenvalue weighted by Crippen LogP contribution is -2.27. The van der Waals surface area contributed by atoms with Gasteiger partial charge in [-0.15, -0.1) is 11.8 Å². The number of aromatic nitrogens is 2. The third kappa shape index (κ3) is 4.72. The van der Waals surface area contributed by atoms with Crippen LogP contribution in [-0.4, -0.2) is 40.7 Å². The Morgan fingerprint density at radius 2 is 2.39 bits per heavy atom. The minimum absolute atomic E-state index is 0.126. The van der Waals surface area contributed by atoms with Gasteiger partial charge in [0.2, 0.25) is 5.91 Å². The molecule has 1 aliphatic rings. The number of hydrogen-bond donors (Lipinski definition) is 2. The van der Waals surface area contributed by atoms with Crippen molar-refractivity contribution in [3.8, 4) is 0 Å². The molecule has 0 bridgehead atoms. The largest absolute Gasteiger partial charge is 0.355 e. The number of carbonyl (C=O) groups excluding carboxylic acids is 1. The second-order valence-corrected chi connectivity index (χ2v) is 7.18. The number of amides is 1. The number of nitrogens with zero attached hydrogens (tertiary/aromatic N) is 2. The van der Waals surface area contributed by atoms with Gasteiger partial charge < -0.3 is 15.0 Å². The third-order valence-electron chi connectivity index (χ3n) is 4.17. The van der Waals surface area contributed by atoms with Gasteiger partial charge in [0.05, 0.1) is 11.4 Å². The van der Waals surface area contributed by atoms with Crippen LogP contribution in [0.4, 0.5) is 0 Å². The van der Waals surface area contributed by atoms with E-state index in [0.29, 0.717) is 5.75 Å². The van der Waals surface area contributed by atoms with Gasteiger partial charge in [0.15, 0.2) is 0 Å². The molecule has 0 spiro atoms. The van der Waals surface area contributed by atoms with Gasteiger partial charge in [-0.25, -0.2) is 4.98 Å². The number of pyridine rings is 1. The number of aryl methyl sites for hydroxylation is 1. The lowest BCUT2D eigenvalue weighted by molar-refractivity contribution is -0.118. The minimum Gasteiger partial charge on any atom is -0.355 e. The zero-order valence-electron chi connectivity index (χ0n) is 13.5. The van der Waals surface area contributed by atoms with Gasteiger partial charge in [0.25, 0.3) is 0 Å². The van der Waals surface area contributed by atoms with Crippen LogP contribution in [0, 0.1) is 12.8 Å². The van der Waals surface area contributed by atoms with Crippen molar-refractivity contribution >= 4 is 23.3 Å². The minimum atomic E-state index is 0.126. The number of imidazole rings is 1. The van der Waals surface area contributed by atoms with Crippen molar-refractivity contribution in [2.45, 2.75) is 25.5 Å². The van der Waals surface area contributed by atoms with Crippen LogP contribution in [0.3, 0.4) is 0 Å². The molecule has 2 aromatic rings. The van der Waals surface area contributed by atoms with E-state index in [0.717, 1.165) is 49.1 Å². The van der Waals surface area contributed by atoms with E-state index in [1.54, 1.807) is 11.8 Å². The zero-order valence-corrected chi connectivity index (χ0v) is 14.4. The molecule has 1 fully saturated rings. The summed E-state index contributed by atoms with van der Waals surface area (Å²) < 4.78 is 2.04. The molecule has 6 heteroatoms. The van der Waals surface area contributed by atoms with Crippen molar-refractivity contribution in [1.29, 1.82) is 0 Å². The molecule has 124 valence electrons. The number of rotatable bonds is 7. The average Bonchev–Trinajstić information content (AvgIpc) is 3.16. The number of hydrogen-bond acceptors (Lipinski definition) is 4. The molecule has 0 radical (unpaired) electrons. The van der Waals surface area contributed by atoms with Gasteiger partial charge in [-0.05, 0) is 50.4 Å². The Morgan fingerprint density at radius 3 is 3.22 bits per heavy atom. The van der Waals surface area contributed by atoms with Crippen LogP contribution < -0.4 is 10.6 Å². The summed E-state index contributed by atoms with van der Waals surface area (Å²) in [5, 5.41) is 6.37. The summed E-state index contributed by atoms with van der Waals surface area (Å²) in [5.41, 5.74) is 3.19. The molecule has 1 saturated heterocycles. The first-order chi connectivity index (χ1) is 11.2. The van der Waals surface area contributed by atoms with Crippen LogP contribution >= 0.6 is 11.8 Å². The van der Waals surface area contributed by atoms with Gasteiger partial charge in [0.1, 0.15) is 5.65 Å². The SMILES string of the molecule is Cc1ccc2nc(CSCC(=O)NCCC3CCNC3)cn2c1. The van der Waals surface area contributed by atoms with Gasteiger partial charge >= 0.3 is 0 Å². The Balaban J connectivity index is 1.37. The molecule has 3 heterocycles. The number of carbonyl (C=O) groups is 1. The summed E-state index contributed by atoms with van der Waals surface area (Å²) in [6.45, 7) is 5.07. The Kier molecular flexibility index (Phi) is 5.56. The van der Waals surface area contributed by atoms with Crippen molar-refractivity contribution in [2.24, 2.45) is 5.92 Å². The maximum Gasteiger partial charge on any atom is 0.230 e. The molecular formula is C17H24N4OS. The van der Waals surface area contributed by atoms with Crippen molar-refractivity contribution < 1.29 is 4.79 Å². The fourth-order valence-corrected chi connectivity index (χ4v) is 3.64. The van der Waals surface area contributed by atoms with E-state index in [1.165, 1.54) is 12.0 Å². The van der Waals surface area contributed by atoms with E-state index in [2.05, 4.69) is 34.8 Å². The summed E-state index contributed by atoms with van der Waals surface area (Å²) in [7, 11) is 0. The number of thioether (sulfide) groups is 1. The van der Waals surface area contributed by atoms with Gasteiger partial charge in [-0.2, -0.15) is 0 Å². The van der Waals surface area contributed by atoms with Crippen LogP contribution in [0.2, 0.25) is 0 Å². The molecule has 1 unspecified atom stereocenters. The molecule has 1 atom stereocenters. The fraction of sp³-hybridized carbons (Fsp3) is 0.529. The smallest absolute Gasteiger partial charge is 0.230 e. The van der Waals surface area contributed by atoms with Crippen molar-refractivity contribution in [2.75, 3.05) is 25.4 Å². The topological polar surface area (TPSA) is 58.4 Å². The highest BCUT2D eigenvalue weighted by Crippen LogP contribution is 2.14. The molecule has 3 rings (SSSR count). The van der Waals surface area contributed by atoms with Crippen LogP contribution in [0.25, 0.3) is 5.65 Å². The number of nitrogens with one attached hydrogen (secondary N) is 2. The van der Waals surface area contributed by atoms with Crippen LogP contribution in [0.15, 0.2) is 24.5 Å². The molecule has 0 aliphatic carbocycles. The first-order valence-electron chi connectivity index (χ1n) is 8.20.